The SMILES string of the molecule is ClCc1cnc(Oc2ccc(Cl)c(Cl)c2)c2ccccc12. The number of ether oxygens (including phenoxy) is 1. The number of pyridine rings is 1. The number of aromatic nitrogens is 1. The zero-order chi connectivity index (χ0) is 14.8. The van der Waals surface area contributed by atoms with E-state index in [2.05, 4.69) is 4.98 Å². The molecule has 0 bridgehead atoms. The minimum absolute atomic E-state index is 0.403. The Morgan fingerprint density at radius 1 is 0.952 bits per heavy atom. The van der Waals surface area contributed by atoms with E-state index in [4.69, 9.17) is 39.5 Å². The molecule has 21 heavy (non-hydrogen) atoms. The van der Waals surface area contributed by atoms with E-state index < -0.39 is 0 Å². The third-order valence-corrected chi connectivity index (χ3v) is 4.12. The summed E-state index contributed by atoms with van der Waals surface area (Å²) in [5.74, 6) is 1.50. The lowest BCUT2D eigenvalue weighted by atomic mass is 10.1. The number of halogens is 3. The molecular formula is C16H10Cl3NO. The monoisotopic (exact) mass is 337 g/mol. The van der Waals surface area contributed by atoms with Crippen LogP contribution >= 0.6 is 34.8 Å². The number of nitrogens with zero attached hydrogens (tertiary/aromatic N) is 1. The highest BCUT2D eigenvalue weighted by Crippen LogP contribution is 2.33. The molecule has 0 saturated carbocycles. The summed E-state index contributed by atoms with van der Waals surface area (Å²) < 4.78 is 5.83. The first-order valence-electron chi connectivity index (χ1n) is 6.24. The van der Waals surface area contributed by atoms with E-state index in [9.17, 15) is 0 Å². The first kappa shape index (κ1) is 14.5. The van der Waals surface area contributed by atoms with Crippen LogP contribution in [0.2, 0.25) is 10.0 Å². The van der Waals surface area contributed by atoms with Crippen LogP contribution in [0.5, 0.6) is 11.6 Å². The van der Waals surface area contributed by atoms with Crippen molar-refractivity contribution in [1.82, 2.24) is 4.98 Å². The fourth-order valence-electron chi connectivity index (χ4n) is 2.07. The van der Waals surface area contributed by atoms with Gasteiger partial charge in [-0.3, -0.25) is 0 Å². The molecule has 0 N–H and O–H groups in total. The third-order valence-electron chi connectivity index (χ3n) is 3.09. The summed E-state index contributed by atoms with van der Waals surface area (Å²) in [5, 5.41) is 2.86. The summed E-state index contributed by atoms with van der Waals surface area (Å²) in [5.41, 5.74) is 0.966. The van der Waals surface area contributed by atoms with Crippen LogP contribution in [0.15, 0.2) is 48.7 Å². The van der Waals surface area contributed by atoms with Crippen molar-refractivity contribution in [3.63, 3.8) is 0 Å². The van der Waals surface area contributed by atoms with Crippen molar-refractivity contribution in [3.8, 4) is 11.6 Å². The minimum atomic E-state index is 0.403. The van der Waals surface area contributed by atoms with Gasteiger partial charge in [0.2, 0.25) is 5.88 Å². The Labute approximate surface area is 137 Å². The molecule has 106 valence electrons. The topological polar surface area (TPSA) is 22.1 Å². The first-order chi connectivity index (χ1) is 10.2. The van der Waals surface area contributed by atoms with Crippen molar-refractivity contribution in [1.29, 1.82) is 0 Å². The molecule has 2 nitrogen and oxygen atoms in total. The van der Waals surface area contributed by atoms with Crippen LogP contribution in [-0.4, -0.2) is 4.98 Å². The summed E-state index contributed by atoms with van der Waals surface area (Å²) in [7, 11) is 0. The Morgan fingerprint density at radius 3 is 2.43 bits per heavy atom. The van der Waals surface area contributed by atoms with Crippen LogP contribution < -0.4 is 4.74 Å². The Bertz CT molecular complexity index is 805. The molecule has 0 aliphatic rings. The largest absolute Gasteiger partial charge is 0.438 e. The van der Waals surface area contributed by atoms with Gasteiger partial charge in [-0.15, -0.1) is 11.6 Å². The Morgan fingerprint density at radius 2 is 1.71 bits per heavy atom. The molecular weight excluding hydrogens is 329 g/mol. The van der Waals surface area contributed by atoms with Gasteiger partial charge in [0.15, 0.2) is 0 Å². The van der Waals surface area contributed by atoms with Crippen molar-refractivity contribution < 1.29 is 4.74 Å². The quantitative estimate of drug-likeness (QED) is 0.540. The molecule has 0 aliphatic heterocycles. The van der Waals surface area contributed by atoms with Gasteiger partial charge in [0.25, 0.3) is 0 Å². The second-order valence-electron chi connectivity index (χ2n) is 4.45. The number of fused-ring (bicyclic) bond motifs is 1. The predicted octanol–water partition coefficient (Wildman–Crippen LogP) is 6.07. The molecule has 1 heterocycles. The second-order valence-corrected chi connectivity index (χ2v) is 5.53. The predicted molar refractivity (Wildman–Crippen MR) is 87.8 cm³/mol. The molecule has 3 aromatic rings. The molecule has 0 fully saturated rings. The summed E-state index contributed by atoms with van der Waals surface area (Å²) in [6.07, 6.45) is 1.72. The number of hydrogen-bond donors (Lipinski definition) is 0. The van der Waals surface area contributed by atoms with E-state index in [-0.39, 0.29) is 0 Å². The molecule has 0 spiro atoms. The lowest BCUT2D eigenvalue weighted by Crippen LogP contribution is -1.92. The fraction of sp³-hybridized carbons (Fsp3) is 0.0625. The standard InChI is InChI=1S/C16H10Cl3NO/c17-8-10-9-20-16(13-4-2-1-3-12(10)13)21-11-5-6-14(18)15(19)7-11/h1-7,9H,8H2. The molecule has 0 radical (unpaired) electrons. The Kier molecular flexibility index (Phi) is 4.20. The van der Waals surface area contributed by atoms with Crippen LogP contribution in [0.3, 0.4) is 0 Å². The molecule has 2 aromatic carbocycles. The van der Waals surface area contributed by atoms with Crippen LogP contribution in [0.25, 0.3) is 10.8 Å². The normalized spacial score (nSPS) is 10.8. The smallest absolute Gasteiger partial charge is 0.227 e. The number of hydrogen-bond acceptors (Lipinski definition) is 2. The van der Waals surface area contributed by atoms with Gasteiger partial charge in [-0.2, -0.15) is 0 Å². The summed E-state index contributed by atoms with van der Waals surface area (Å²) in [4.78, 5) is 4.34. The van der Waals surface area contributed by atoms with Gasteiger partial charge in [-0.25, -0.2) is 4.98 Å². The highest BCUT2D eigenvalue weighted by atomic mass is 35.5. The first-order valence-corrected chi connectivity index (χ1v) is 7.53. The molecule has 0 amide bonds. The third kappa shape index (κ3) is 2.93. The van der Waals surface area contributed by atoms with E-state index in [1.165, 1.54) is 0 Å². The summed E-state index contributed by atoms with van der Waals surface area (Å²) in [6.45, 7) is 0. The maximum absolute atomic E-state index is 6.00. The van der Waals surface area contributed by atoms with Gasteiger partial charge in [0, 0.05) is 23.5 Å². The highest BCUT2D eigenvalue weighted by molar-refractivity contribution is 6.42. The lowest BCUT2D eigenvalue weighted by molar-refractivity contribution is 0.469. The zero-order valence-electron chi connectivity index (χ0n) is 10.8. The summed E-state index contributed by atoms with van der Waals surface area (Å²) >= 11 is 17.8. The second kappa shape index (κ2) is 6.10. The van der Waals surface area contributed by atoms with E-state index in [1.807, 2.05) is 24.3 Å². The van der Waals surface area contributed by atoms with Crippen LogP contribution in [0.1, 0.15) is 5.56 Å². The average molecular weight is 339 g/mol. The van der Waals surface area contributed by atoms with E-state index in [1.54, 1.807) is 24.4 Å². The molecule has 0 aliphatic carbocycles. The fourth-order valence-corrected chi connectivity index (χ4v) is 2.57. The lowest BCUT2D eigenvalue weighted by Gasteiger charge is -2.10. The summed E-state index contributed by atoms with van der Waals surface area (Å²) in [6, 6.07) is 12.9. The number of benzene rings is 2. The van der Waals surface area contributed by atoms with Crippen LogP contribution in [0, 0.1) is 0 Å². The molecule has 0 saturated heterocycles. The van der Waals surface area contributed by atoms with Gasteiger partial charge < -0.3 is 4.74 Å². The minimum Gasteiger partial charge on any atom is -0.438 e. The van der Waals surface area contributed by atoms with Crippen molar-refractivity contribution in [3.05, 3.63) is 64.3 Å². The maximum Gasteiger partial charge on any atom is 0.227 e. The van der Waals surface area contributed by atoms with Crippen molar-refractivity contribution in [2.75, 3.05) is 0 Å². The van der Waals surface area contributed by atoms with Gasteiger partial charge in [0.05, 0.1) is 10.0 Å². The molecule has 1 aromatic heterocycles. The van der Waals surface area contributed by atoms with Crippen molar-refractivity contribution in [2.24, 2.45) is 0 Å². The number of alkyl halides is 1. The Hall–Kier alpha value is -1.48. The zero-order valence-corrected chi connectivity index (χ0v) is 13.1. The van der Waals surface area contributed by atoms with Gasteiger partial charge in [-0.05, 0) is 29.1 Å². The molecule has 5 heteroatoms. The van der Waals surface area contributed by atoms with Gasteiger partial charge in [0.1, 0.15) is 5.75 Å². The number of rotatable bonds is 3. The molecule has 3 rings (SSSR count). The van der Waals surface area contributed by atoms with Gasteiger partial charge in [-0.1, -0.05) is 41.4 Å². The van der Waals surface area contributed by atoms with Crippen molar-refractivity contribution in [2.45, 2.75) is 5.88 Å². The van der Waals surface area contributed by atoms with Crippen LogP contribution in [-0.2, 0) is 5.88 Å². The van der Waals surface area contributed by atoms with E-state index in [0.29, 0.717) is 27.6 Å². The van der Waals surface area contributed by atoms with E-state index >= 15 is 0 Å². The average Bonchev–Trinajstić information content (AvgIpc) is 2.51. The van der Waals surface area contributed by atoms with Crippen LogP contribution in [0.4, 0.5) is 0 Å². The molecule has 0 atom stereocenters. The Balaban J connectivity index is 2.06. The maximum atomic E-state index is 6.00. The van der Waals surface area contributed by atoms with E-state index in [0.717, 1.165) is 16.3 Å². The van der Waals surface area contributed by atoms with Gasteiger partial charge >= 0.3 is 0 Å². The highest BCUT2D eigenvalue weighted by Gasteiger charge is 2.09. The van der Waals surface area contributed by atoms with Crippen molar-refractivity contribution >= 4 is 45.6 Å². The molecule has 0 unspecified atom stereocenters.